The second-order valence-electron chi connectivity index (χ2n) is 8.18. The summed E-state index contributed by atoms with van der Waals surface area (Å²) in [5.41, 5.74) is -2.16. The van der Waals surface area contributed by atoms with E-state index < -0.39 is 47.6 Å². The largest absolute Gasteiger partial charge is 0.573 e. The van der Waals surface area contributed by atoms with Crippen LogP contribution in [-0.2, 0) is 44.8 Å². The standard InChI is InChI=1S/C23H21F3N2O10/c1-3-33-16-5-4-15(34-23(24,25)26)12-14(16)13-27-10-11-28-21(2,35-17(29)8-9-20(32)38-28)22(27)36-18(30)6-7-19(31)37-22/h4-9,12H,3,10-11,13H2,1-2H3/b9-8+/t21-/m0/s1. The third kappa shape index (κ3) is 5.28. The number of piperazine rings is 1. The van der Waals surface area contributed by atoms with E-state index in [0.29, 0.717) is 0 Å². The third-order valence-electron chi connectivity index (χ3n) is 5.67. The minimum absolute atomic E-state index is 0.114. The molecule has 12 nitrogen and oxygen atoms in total. The summed E-state index contributed by atoms with van der Waals surface area (Å²) in [7, 11) is 0. The summed E-state index contributed by atoms with van der Waals surface area (Å²) in [6.07, 6.45) is -1.85. The maximum Gasteiger partial charge on any atom is 0.573 e. The molecule has 1 saturated heterocycles. The van der Waals surface area contributed by atoms with Crippen molar-refractivity contribution in [2.45, 2.75) is 38.4 Å². The van der Waals surface area contributed by atoms with Gasteiger partial charge in [-0.15, -0.1) is 13.2 Å². The van der Waals surface area contributed by atoms with E-state index in [-0.39, 0.29) is 37.6 Å². The van der Waals surface area contributed by atoms with Crippen LogP contribution in [0.25, 0.3) is 0 Å². The molecule has 1 spiro atoms. The lowest BCUT2D eigenvalue weighted by Gasteiger charge is -2.55. The van der Waals surface area contributed by atoms with Gasteiger partial charge in [-0.1, -0.05) is 5.06 Å². The minimum atomic E-state index is -4.98. The van der Waals surface area contributed by atoms with E-state index in [9.17, 15) is 32.3 Å². The van der Waals surface area contributed by atoms with Gasteiger partial charge in [-0.2, -0.15) is 0 Å². The molecule has 4 rings (SSSR count). The first kappa shape index (κ1) is 26.9. The molecular weight excluding hydrogens is 521 g/mol. The Hall–Kier alpha value is -4.11. The number of carbonyl (C=O) groups is 4. The summed E-state index contributed by atoms with van der Waals surface area (Å²) < 4.78 is 64.8. The number of halogens is 3. The lowest BCUT2D eigenvalue weighted by molar-refractivity contribution is -0.439. The number of ether oxygens (including phenoxy) is 5. The van der Waals surface area contributed by atoms with Crippen LogP contribution in [0.15, 0.2) is 42.5 Å². The second kappa shape index (κ2) is 9.98. The van der Waals surface area contributed by atoms with Crippen molar-refractivity contribution in [2.75, 3.05) is 19.7 Å². The van der Waals surface area contributed by atoms with Gasteiger partial charge in [0.1, 0.15) is 11.5 Å². The number of rotatable bonds is 5. The lowest BCUT2D eigenvalue weighted by atomic mass is 10.0. The number of alkyl halides is 3. The zero-order valence-electron chi connectivity index (χ0n) is 20.0. The molecule has 0 bridgehead atoms. The molecule has 0 saturated carbocycles. The van der Waals surface area contributed by atoms with Crippen LogP contribution in [0.1, 0.15) is 19.4 Å². The molecule has 3 heterocycles. The lowest BCUT2D eigenvalue weighted by Crippen LogP contribution is -2.78. The zero-order chi connectivity index (χ0) is 27.7. The Morgan fingerprint density at radius 3 is 2.13 bits per heavy atom. The van der Waals surface area contributed by atoms with Crippen LogP contribution >= 0.6 is 0 Å². The predicted molar refractivity (Wildman–Crippen MR) is 115 cm³/mol. The van der Waals surface area contributed by atoms with Gasteiger partial charge in [0.25, 0.3) is 5.72 Å². The Morgan fingerprint density at radius 1 is 0.921 bits per heavy atom. The van der Waals surface area contributed by atoms with Crippen molar-refractivity contribution in [3.63, 3.8) is 0 Å². The Kier molecular flexibility index (Phi) is 7.08. The van der Waals surface area contributed by atoms with Gasteiger partial charge < -0.3 is 28.5 Å². The Labute approximate surface area is 213 Å². The van der Waals surface area contributed by atoms with E-state index in [1.54, 1.807) is 6.92 Å². The van der Waals surface area contributed by atoms with E-state index in [1.165, 1.54) is 17.9 Å². The molecule has 15 heteroatoms. The van der Waals surface area contributed by atoms with Gasteiger partial charge >= 0.3 is 36.2 Å². The molecule has 0 N–H and O–H groups in total. The van der Waals surface area contributed by atoms with Crippen LogP contribution in [0.3, 0.4) is 0 Å². The molecule has 0 radical (unpaired) electrons. The van der Waals surface area contributed by atoms with Gasteiger partial charge in [-0.05, 0) is 25.1 Å². The van der Waals surface area contributed by atoms with Crippen LogP contribution < -0.4 is 9.47 Å². The normalized spacial score (nSPS) is 24.7. The van der Waals surface area contributed by atoms with Gasteiger partial charge in [-0.25, -0.2) is 24.1 Å². The number of nitrogens with zero attached hydrogens (tertiary/aromatic N) is 2. The molecule has 1 atom stereocenters. The molecule has 1 aromatic carbocycles. The topological polar surface area (TPSA) is 130 Å². The highest BCUT2D eigenvalue weighted by Crippen LogP contribution is 2.44. The predicted octanol–water partition coefficient (Wildman–Crippen LogP) is 1.70. The second-order valence-corrected chi connectivity index (χ2v) is 8.18. The van der Waals surface area contributed by atoms with Crippen molar-refractivity contribution in [2.24, 2.45) is 0 Å². The van der Waals surface area contributed by atoms with Gasteiger partial charge in [0.15, 0.2) is 0 Å². The summed E-state index contributed by atoms with van der Waals surface area (Å²) >= 11 is 0. The maximum absolute atomic E-state index is 12.9. The van der Waals surface area contributed by atoms with Crippen molar-refractivity contribution in [1.82, 2.24) is 9.96 Å². The third-order valence-corrected chi connectivity index (χ3v) is 5.67. The summed E-state index contributed by atoms with van der Waals surface area (Å²) in [5, 5.41) is 0.881. The first-order valence-electron chi connectivity index (χ1n) is 11.2. The van der Waals surface area contributed by atoms with Crippen molar-refractivity contribution in [1.29, 1.82) is 0 Å². The number of benzene rings is 1. The number of hydrogen-bond donors (Lipinski definition) is 0. The van der Waals surface area contributed by atoms with Crippen LogP contribution in [0.2, 0.25) is 0 Å². The summed E-state index contributed by atoms with van der Waals surface area (Å²) in [6.45, 7) is 2.28. The Bertz CT molecular complexity index is 1190. The monoisotopic (exact) mass is 542 g/mol. The van der Waals surface area contributed by atoms with E-state index >= 15 is 0 Å². The molecule has 0 unspecified atom stereocenters. The highest BCUT2D eigenvalue weighted by molar-refractivity contribution is 5.94. The van der Waals surface area contributed by atoms with Crippen molar-refractivity contribution < 1.29 is 60.9 Å². The number of carbonyl (C=O) groups excluding carboxylic acids is 4. The molecule has 204 valence electrons. The summed E-state index contributed by atoms with van der Waals surface area (Å²) in [4.78, 5) is 56.3. The fourth-order valence-electron chi connectivity index (χ4n) is 4.15. The fourth-order valence-corrected chi connectivity index (χ4v) is 4.15. The fraction of sp³-hybridized carbons (Fsp3) is 0.391. The minimum Gasteiger partial charge on any atom is -0.494 e. The van der Waals surface area contributed by atoms with Crippen LogP contribution in [-0.4, -0.2) is 71.5 Å². The molecule has 0 aromatic heterocycles. The van der Waals surface area contributed by atoms with Gasteiger partial charge in [0, 0.05) is 49.9 Å². The molecule has 3 aliphatic heterocycles. The SMILES string of the molecule is CCOc1ccc(OC(F)(F)F)cc1CN1CCN2OC(=O)/C=C/C(=O)O[C@@]2(C)C12OC(=O)C=CC(=O)O2. The molecule has 0 aliphatic carbocycles. The summed E-state index contributed by atoms with van der Waals surface area (Å²) in [5.74, 6) is -7.17. The molecule has 1 aromatic rings. The first-order valence-corrected chi connectivity index (χ1v) is 11.2. The highest BCUT2D eigenvalue weighted by atomic mass is 19.4. The Balaban J connectivity index is 1.83. The number of fused-ring (bicyclic) bond motifs is 2. The first-order chi connectivity index (χ1) is 17.8. The summed E-state index contributed by atoms with van der Waals surface area (Å²) in [6, 6.07) is 3.35. The van der Waals surface area contributed by atoms with Crippen LogP contribution in [0.5, 0.6) is 11.5 Å². The van der Waals surface area contributed by atoms with E-state index in [2.05, 4.69) is 4.74 Å². The van der Waals surface area contributed by atoms with E-state index in [0.717, 1.165) is 41.5 Å². The van der Waals surface area contributed by atoms with Crippen molar-refractivity contribution in [3.8, 4) is 11.5 Å². The average molecular weight is 542 g/mol. The van der Waals surface area contributed by atoms with Crippen molar-refractivity contribution in [3.05, 3.63) is 48.1 Å². The number of hydrogen-bond acceptors (Lipinski definition) is 12. The van der Waals surface area contributed by atoms with Crippen molar-refractivity contribution >= 4 is 23.9 Å². The van der Waals surface area contributed by atoms with Crippen LogP contribution in [0, 0.1) is 0 Å². The molecule has 1 fully saturated rings. The van der Waals surface area contributed by atoms with Crippen LogP contribution in [0.4, 0.5) is 13.2 Å². The van der Waals surface area contributed by atoms with Gasteiger partial charge in [-0.3, -0.25) is 0 Å². The average Bonchev–Trinajstić information content (AvgIpc) is 2.97. The zero-order valence-corrected chi connectivity index (χ0v) is 20.0. The number of hydroxylamine groups is 2. The van der Waals surface area contributed by atoms with Gasteiger partial charge in [0.2, 0.25) is 0 Å². The van der Waals surface area contributed by atoms with Gasteiger partial charge in [0.05, 0.1) is 13.2 Å². The smallest absolute Gasteiger partial charge is 0.494 e. The quantitative estimate of drug-likeness (QED) is 0.502. The molecule has 38 heavy (non-hydrogen) atoms. The molecule has 3 aliphatic rings. The molecule has 0 amide bonds. The molecular formula is C23H21F3N2O10. The van der Waals surface area contributed by atoms with E-state index in [1.807, 2.05) is 0 Å². The number of esters is 3. The Morgan fingerprint density at radius 2 is 1.53 bits per heavy atom. The maximum atomic E-state index is 12.9. The highest BCUT2D eigenvalue weighted by Gasteiger charge is 2.69. The van der Waals surface area contributed by atoms with E-state index in [4.69, 9.17) is 23.8 Å².